The van der Waals surface area contributed by atoms with Crippen molar-refractivity contribution in [1.82, 2.24) is 4.90 Å². The van der Waals surface area contributed by atoms with Gasteiger partial charge in [-0.05, 0) is 41.5 Å². The summed E-state index contributed by atoms with van der Waals surface area (Å²) in [5.74, 6) is -0.584. The summed E-state index contributed by atoms with van der Waals surface area (Å²) in [6.45, 7) is 1.06. The number of carbonyl (C=O) groups is 2. The van der Waals surface area contributed by atoms with Crippen LogP contribution in [0.5, 0.6) is 0 Å². The molecule has 150 valence electrons. The van der Waals surface area contributed by atoms with Gasteiger partial charge in [-0.15, -0.1) is 0 Å². The number of ether oxygens (including phenoxy) is 1. The number of esters is 1. The van der Waals surface area contributed by atoms with Crippen molar-refractivity contribution in [2.45, 2.75) is 18.4 Å². The highest BCUT2D eigenvalue weighted by atomic mass is 19.1. The molecule has 0 atom stereocenters. The molecule has 0 aliphatic carbocycles. The van der Waals surface area contributed by atoms with Crippen LogP contribution in [0, 0.1) is 5.82 Å². The average Bonchev–Trinajstić information content (AvgIpc) is 3.06. The van der Waals surface area contributed by atoms with E-state index in [4.69, 9.17) is 4.74 Å². The molecular formula is C25H20FNO3. The molecule has 3 aromatic rings. The molecule has 1 saturated heterocycles. The Labute approximate surface area is 173 Å². The number of benzene rings is 3. The van der Waals surface area contributed by atoms with Gasteiger partial charge in [-0.2, -0.15) is 0 Å². The molecule has 0 unspecified atom stereocenters. The second kappa shape index (κ2) is 7.10. The van der Waals surface area contributed by atoms with Crippen molar-refractivity contribution >= 4 is 11.9 Å². The molecule has 4 nitrogen and oxygen atoms in total. The van der Waals surface area contributed by atoms with E-state index in [0.29, 0.717) is 37.1 Å². The predicted octanol–water partition coefficient (Wildman–Crippen LogP) is 4.79. The van der Waals surface area contributed by atoms with Gasteiger partial charge in [0.2, 0.25) is 0 Å². The molecule has 3 aromatic carbocycles. The number of hydrogen-bond donors (Lipinski definition) is 0. The summed E-state index contributed by atoms with van der Waals surface area (Å²) >= 11 is 0. The minimum Gasteiger partial charge on any atom is -0.450 e. The molecule has 2 aliphatic rings. The molecular weight excluding hydrogens is 381 g/mol. The lowest BCUT2D eigenvalue weighted by atomic mass is 9.83. The number of nitrogens with zero attached hydrogens (tertiary/aromatic N) is 1. The molecule has 30 heavy (non-hydrogen) atoms. The summed E-state index contributed by atoms with van der Waals surface area (Å²) in [7, 11) is 0. The second-order valence-electron chi connectivity index (χ2n) is 7.81. The van der Waals surface area contributed by atoms with Gasteiger partial charge in [0.25, 0.3) is 5.91 Å². The van der Waals surface area contributed by atoms with E-state index >= 15 is 0 Å². The van der Waals surface area contributed by atoms with Crippen molar-refractivity contribution in [3.8, 4) is 11.1 Å². The summed E-state index contributed by atoms with van der Waals surface area (Å²) in [6.07, 6.45) is 1.18. The maximum atomic E-state index is 13.1. The van der Waals surface area contributed by atoms with Gasteiger partial charge in [0.05, 0.1) is 5.56 Å². The van der Waals surface area contributed by atoms with Crippen LogP contribution in [0.3, 0.4) is 0 Å². The van der Waals surface area contributed by atoms with Crippen LogP contribution in [0.1, 0.15) is 39.1 Å². The standard InChI is InChI=1S/C25H20FNO3/c26-20-11-9-18(10-12-20)17-5-7-19(8-6-17)23(28)27-15-13-25(14-16-27)22-4-2-1-3-21(22)24(29)30-25/h1-12H,13-16H2. The molecule has 2 heterocycles. The number of piperidine rings is 1. The largest absolute Gasteiger partial charge is 0.450 e. The zero-order chi connectivity index (χ0) is 20.7. The number of amides is 1. The Bertz CT molecular complexity index is 1110. The number of likely N-dealkylation sites (tertiary alicyclic amines) is 1. The zero-order valence-electron chi connectivity index (χ0n) is 16.3. The highest BCUT2D eigenvalue weighted by molar-refractivity contribution is 5.96. The Morgan fingerprint density at radius 2 is 1.47 bits per heavy atom. The van der Waals surface area contributed by atoms with Gasteiger partial charge in [-0.25, -0.2) is 9.18 Å². The van der Waals surface area contributed by atoms with Crippen LogP contribution in [0.15, 0.2) is 72.8 Å². The van der Waals surface area contributed by atoms with Crippen molar-refractivity contribution in [3.63, 3.8) is 0 Å². The first kappa shape index (κ1) is 18.6. The molecule has 0 bridgehead atoms. The van der Waals surface area contributed by atoms with E-state index in [0.717, 1.165) is 16.7 Å². The van der Waals surface area contributed by atoms with E-state index < -0.39 is 5.60 Å². The van der Waals surface area contributed by atoms with Crippen molar-refractivity contribution < 1.29 is 18.7 Å². The van der Waals surface area contributed by atoms with Crippen LogP contribution in [0.4, 0.5) is 4.39 Å². The Morgan fingerprint density at radius 1 is 0.867 bits per heavy atom. The summed E-state index contributed by atoms with van der Waals surface area (Å²) in [4.78, 5) is 27.0. The lowest BCUT2D eigenvalue weighted by Gasteiger charge is -2.38. The molecule has 1 spiro atoms. The SMILES string of the molecule is O=C1OC2(CCN(C(=O)c3ccc(-c4ccc(F)cc4)cc3)CC2)c2ccccc21. The fraction of sp³-hybridized carbons (Fsp3) is 0.200. The molecule has 0 aromatic heterocycles. The number of halogens is 1. The van der Waals surface area contributed by atoms with Crippen molar-refractivity contribution in [1.29, 1.82) is 0 Å². The molecule has 0 N–H and O–H groups in total. The number of carbonyl (C=O) groups excluding carboxylic acids is 2. The first-order valence-electron chi connectivity index (χ1n) is 10.0. The Balaban J connectivity index is 1.30. The topological polar surface area (TPSA) is 46.6 Å². The third-order valence-corrected chi connectivity index (χ3v) is 6.09. The molecule has 5 heteroatoms. The summed E-state index contributed by atoms with van der Waals surface area (Å²) < 4.78 is 18.9. The van der Waals surface area contributed by atoms with Crippen LogP contribution in [-0.2, 0) is 10.3 Å². The van der Waals surface area contributed by atoms with Crippen LogP contribution >= 0.6 is 0 Å². The quantitative estimate of drug-likeness (QED) is 0.580. The highest BCUT2D eigenvalue weighted by Gasteiger charge is 2.47. The molecule has 0 saturated carbocycles. The van der Waals surface area contributed by atoms with Crippen molar-refractivity contribution in [2.24, 2.45) is 0 Å². The van der Waals surface area contributed by atoms with Gasteiger partial charge in [-0.1, -0.05) is 42.5 Å². The third-order valence-electron chi connectivity index (χ3n) is 6.09. The van der Waals surface area contributed by atoms with Gasteiger partial charge in [0.15, 0.2) is 0 Å². The van der Waals surface area contributed by atoms with Crippen LogP contribution in [0.25, 0.3) is 11.1 Å². The van der Waals surface area contributed by atoms with Gasteiger partial charge in [0, 0.05) is 37.1 Å². The Kier molecular flexibility index (Phi) is 4.39. The second-order valence-corrected chi connectivity index (χ2v) is 7.81. The number of rotatable bonds is 2. The fourth-order valence-electron chi connectivity index (χ4n) is 4.42. The van der Waals surface area contributed by atoms with E-state index in [-0.39, 0.29) is 17.7 Å². The minimum absolute atomic E-state index is 0.0342. The maximum absolute atomic E-state index is 13.1. The minimum atomic E-state index is -0.614. The fourth-order valence-corrected chi connectivity index (χ4v) is 4.42. The summed E-state index contributed by atoms with van der Waals surface area (Å²) in [5, 5.41) is 0. The molecule has 0 radical (unpaired) electrons. The molecule has 2 aliphatic heterocycles. The number of hydrogen-bond acceptors (Lipinski definition) is 3. The van der Waals surface area contributed by atoms with Crippen LogP contribution in [-0.4, -0.2) is 29.9 Å². The lowest BCUT2D eigenvalue weighted by Crippen LogP contribution is -2.45. The lowest BCUT2D eigenvalue weighted by molar-refractivity contribution is -0.0389. The third kappa shape index (κ3) is 3.07. The smallest absolute Gasteiger partial charge is 0.339 e. The van der Waals surface area contributed by atoms with Crippen LogP contribution in [0.2, 0.25) is 0 Å². The molecule has 1 amide bonds. The maximum Gasteiger partial charge on any atom is 0.339 e. The van der Waals surface area contributed by atoms with Crippen molar-refractivity contribution in [3.05, 3.63) is 95.3 Å². The van der Waals surface area contributed by atoms with Crippen molar-refractivity contribution in [2.75, 3.05) is 13.1 Å². The van der Waals surface area contributed by atoms with Gasteiger partial charge in [0.1, 0.15) is 11.4 Å². The van der Waals surface area contributed by atoms with Gasteiger partial charge >= 0.3 is 5.97 Å². The van der Waals surface area contributed by atoms with E-state index in [1.54, 1.807) is 30.3 Å². The van der Waals surface area contributed by atoms with Crippen LogP contribution < -0.4 is 0 Å². The molecule has 5 rings (SSSR count). The van der Waals surface area contributed by atoms with E-state index in [1.165, 1.54) is 12.1 Å². The van der Waals surface area contributed by atoms with E-state index in [2.05, 4.69) is 0 Å². The Morgan fingerprint density at radius 3 is 2.13 bits per heavy atom. The molecule has 1 fully saturated rings. The average molecular weight is 401 g/mol. The predicted molar refractivity (Wildman–Crippen MR) is 111 cm³/mol. The summed E-state index contributed by atoms with van der Waals surface area (Å²) in [5.41, 5.74) is 3.40. The monoisotopic (exact) mass is 401 g/mol. The highest BCUT2D eigenvalue weighted by Crippen LogP contribution is 2.44. The summed E-state index contributed by atoms with van der Waals surface area (Å²) in [6, 6.07) is 21.1. The first-order chi connectivity index (χ1) is 14.6. The Hall–Kier alpha value is -3.47. The van der Waals surface area contributed by atoms with Gasteiger partial charge in [-0.3, -0.25) is 4.79 Å². The first-order valence-corrected chi connectivity index (χ1v) is 10.0. The number of fused-ring (bicyclic) bond motifs is 2. The zero-order valence-corrected chi connectivity index (χ0v) is 16.3. The normalized spacial score (nSPS) is 17.0. The van der Waals surface area contributed by atoms with Gasteiger partial charge < -0.3 is 9.64 Å². The van der Waals surface area contributed by atoms with E-state index in [9.17, 15) is 14.0 Å². The van der Waals surface area contributed by atoms with E-state index in [1.807, 2.05) is 35.2 Å².